The second-order valence-corrected chi connectivity index (χ2v) is 8.15. The molecule has 0 heterocycles. The van der Waals surface area contributed by atoms with Gasteiger partial charge < -0.3 is 5.11 Å². The summed E-state index contributed by atoms with van der Waals surface area (Å²) in [5, 5.41) is 9.56. The number of carbonyl (C=O) groups is 1. The van der Waals surface area contributed by atoms with E-state index in [0.29, 0.717) is 17.9 Å². The van der Waals surface area contributed by atoms with Crippen LogP contribution in [0.2, 0.25) is 0 Å². The molecule has 0 bridgehead atoms. The lowest BCUT2D eigenvalue weighted by molar-refractivity contribution is -0.132. The smallest absolute Gasteiger partial charge is 0.331 e. The molecule has 2 heteroatoms. The summed E-state index contributed by atoms with van der Waals surface area (Å²) >= 11 is 0. The molecule has 0 saturated carbocycles. The lowest BCUT2D eigenvalue weighted by Crippen LogP contribution is -2.06. The molecule has 0 aromatic rings. The molecule has 1 aliphatic carbocycles. The first-order valence-electron chi connectivity index (χ1n) is 10.3. The molecule has 0 saturated heterocycles. The lowest BCUT2D eigenvalue weighted by Gasteiger charge is -2.18. The molecule has 0 aromatic heterocycles. The average Bonchev–Trinajstić information content (AvgIpc) is 2.58. The van der Waals surface area contributed by atoms with Crippen molar-refractivity contribution in [3.63, 3.8) is 0 Å². The van der Waals surface area contributed by atoms with Crippen LogP contribution in [0, 0.1) is 5.92 Å². The first-order valence-corrected chi connectivity index (χ1v) is 10.3. The van der Waals surface area contributed by atoms with E-state index >= 15 is 0 Å². The summed E-state index contributed by atoms with van der Waals surface area (Å²) in [6.45, 7) is 10.8. The van der Waals surface area contributed by atoms with Crippen molar-refractivity contribution in [1.82, 2.24) is 0 Å². The van der Waals surface area contributed by atoms with Gasteiger partial charge in [0, 0.05) is 5.57 Å². The predicted octanol–water partition coefficient (Wildman–Crippen LogP) is 7.55. The van der Waals surface area contributed by atoms with Crippen molar-refractivity contribution in [1.29, 1.82) is 0 Å². The summed E-state index contributed by atoms with van der Waals surface area (Å²) in [5.41, 5.74) is 6.08. The Morgan fingerprint density at radius 2 is 1.63 bits per heavy atom. The Labute approximate surface area is 166 Å². The predicted molar refractivity (Wildman–Crippen MR) is 117 cm³/mol. The third kappa shape index (κ3) is 10.2. The third-order valence-electron chi connectivity index (χ3n) is 5.36. The largest absolute Gasteiger partial charge is 0.478 e. The van der Waals surface area contributed by atoms with Crippen molar-refractivity contribution in [2.75, 3.05) is 0 Å². The first-order chi connectivity index (χ1) is 12.8. The number of aliphatic carboxylic acids is 1. The summed E-state index contributed by atoms with van der Waals surface area (Å²) in [7, 11) is 0. The number of hydrogen-bond acceptors (Lipinski definition) is 1. The van der Waals surface area contributed by atoms with Gasteiger partial charge in [-0.2, -0.15) is 0 Å². The van der Waals surface area contributed by atoms with Gasteiger partial charge in [-0.25, -0.2) is 4.79 Å². The zero-order valence-electron chi connectivity index (χ0n) is 18.0. The van der Waals surface area contributed by atoms with Crippen molar-refractivity contribution < 1.29 is 9.90 Å². The molecule has 0 amide bonds. The fourth-order valence-electron chi connectivity index (χ4n) is 3.39. The van der Waals surface area contributed by atoms with Crippen LogP contribution in [-0.4, -0.2) is 11.1 Å². The molecule has 0 fully saturated rings. The number of allylic oxidation sites excluding steroid dienone is 9. The van der Waals surface area contributed by atoms with Gasteiger partial charge in [-0.05, 0) is 91.9 Å². The van der Waals surface area contributed by atoms with Crippen molar-refractivity contribution in [2.24, 2.45) is 5.92 Å². The standard InChI is InChI=1S/C25H38O2/c1-19(2)9-6-13-22(5)23-16-15-21(4)11-7-10-20(3)12-8-14-24(18-17-23)25(26)27/h9,11-13,18,23H,6-8,10,14-17H2,1-5H3,(H,26,27)/t23-/m0/s1. The summed E-state index contributed by atoms with van der Waals surface area (Å²) in [5.74, 6) is -0.359. The molecule has 2 nitrogen and oxygen atoms in total. The van der Waals surface area contributed by atoms with Gasteiger partial charge in [-0.1, -0.05) is 52.7 Å². The van der Waals surface area contributed by atoms with E-state index in [1.165, 1.54) is 22.3 Å². The highest BCUT2D eigenvalue weighted by atomic mass is 16.4. The summed E-state index contributed by atoms with van der Waals surface area (Å²) in [6, 6.07) is 0. The molecule has 150 valence electrons. The van der Waals surface area contributed by atoms with Crippen molar-refractivity contribution >= 4 is 5.97 Å². The molecule has 0 unspecified atom stereocenters. The van der Waals surface area contributed by atoms with Crippen LogP contribution in [0.15, 0.2) is 58.2 Å². The quantitative estimate of drug-likeness (QED) is 0.519. The van der Waals surface area contributed by atoms with E-state index in [1.54, 1.807) is 0 Å². The second kappa shape index (κ2) is 12.5. The zero-order chi connectivity index (χ0) is 20.2. The maximum absolute atomic E-state index is 11.6. The molecular weight excluding hydrogens is 332 g/mol. The van der Waals surface area contributed by atoms with Crippen LogP contribution in [0.5, 0.6) is 0 Å². The summed E-state index contributed by atoms with van der Waals surface area (Å²) in [6.07, 6.45) is 18.6. The summed E-state index contributed by atoms with van der Waals surface area (Å²) < 4.78 is 0. The van der Waals surface area contributed by atoms with E-state index < -0.39 is 5.97 Å². The Bertz CT molecular complexity index is 637. The van der Waals surface area contributed by atoms with E-state index in [9.17, 15) is 9.90 Å². The van der Waals surface area contributed by atoms with Gasteiger partial charge in [0.25, 0.3) is 0 Å². The Kier molecular flexibility index (Phi) is 10.8. The lowest BCUT2D eigenvalue weighted by atomic mass is 9.88. The highest BCUT2D eigenvalue weighted by Crippen LogP contribution is 2.26. The van der Waals surface area contributed by atoms with Gasteiger partial charge in [0.15, 0.2) is 0 Å². The maximum atomic E-state index is 11.6. The van der Waals surface area contributed by atoms with Crippen LogP contribution in [0.1, 0.15) is 86.0 Å². The number of rotatable bonds is 4. The van der Waals surface area contributed by atoms with Gasteiger partial charge in [0.1, 0.15) is 0 Å². The third-order valence-corrected chi connectivity index (χ3v) is 5.36. The Morgan fingerprint density at radius 1 is 1.00 bits per heavy atom. The van der Waals surface area contributed by atoms with E-state index in [1.807, 2.05) is 6.08 Å². The maximum Gasteiger partial charge on any atom is 0.331 e. The molecular formula is C25H38O2. The van der Waals surface area contributed by atoms with Crippen molar-refractivity contribution in [3.8, 4) is 0 Å². The first kappa shape index (κ1) is 23.2. The second-order valence-electron chi connectivity index (χ2n) is 8.15. The van der Waals surface area contributed by atoms with Crippen molar-refractivity contribution in [3.05, 3.63) is 58.2 Å². The minimum absolute atomic E-state index is 0.411. The fourth-order valence-corrected chi connectivity index (χ4v) is 3.39. The molecule has 1 aliphatic rings. The van der Waals surface area contributed by atoms with Gasteiger partial charge in [-0.3, -0.25) is 0 Å². The fraction of sp³-hybridized carbons (Fsp3) is 0.560. The monoisotopic (exact) mass is 370 g/mol. The molecule has 27 heavy (non-hydrogen) atoms. The normalized spacial score (nSPS) is 20.7. The molecule has 1 N–H and O–H groups in total. The van der Waals surface area contributed by atoms with Gasteiger partial charge in [0.05, 0.1) is 0 Å². The molecule has 1 atom stereocenters. The van der Waals surface area contributed by atoms with E-state index in [2.05, 4.69) is 58.9 Å². The van der Waals surface area contributed by atoms with Gasteiger partial charge in [-0.15, -0.1) is 0 Å². The average molecular weight is 371 g/mol. The van der Waals surface area contributed by atoms with E-state index in [-0.39, 0.29) is 0 Å². The molecule has 0 aliphatic heterocycles. The van der Waals surface area contributed by atoms with Crippen LogP contribution in [0.4, 0.5) is 0 Å². The number of hydrogen-bond donors (Lipinski definition) is 1. The zero-order valence-corrected chi connectivity index (χ0v) is 18.0. The van der Waals surface area contributed by atoms with Crippen LogP contribution in [0.3, 0.4) is 0 Å². The van der Waals surface area contributed by atoms with Gasteiger partial charge >= 0.3 is 5.97 Å². The number of carboxylic acid groups (broad SMARTS) is 1. The highest BCUT2D eigenvalue weighted by molar-refractivity contribution is 5.86. The molecule has 0 aromatic carbocycles. The van der Waals surface area contributed by atoms with E-state index in [4.69, 9.17) is 0 Å². The number of carboxylic acids is 1. The molecule has 0 radical (unpaired) electrons. The summed E-state index contributed by atoms with van der Waals surface area (Å²) in [4.78, 5) is 11.6. The Hall–Kier alpha value is -1.83. The van der Waals surface area contributed by atoms with Crippen LogP contribution in [-0.2, 0) is 4.79 Å². The SMILES string of the molecule is CC(C)=CCC=C(C)[C@@H]1CC=C(C(=O)O)CCC=C(C)CCC=C(C)CC1. The Balaban J connectivity index is 3.02. The van der Waals surface area contributed by atoms with Crippen LogP contribution >= 0.6 is 0 Å². The molecule has 1 rings (SSSR count). The minimum Gasteiger partial charge on any atom is -0.478 e. The van der Waals surface area contributed by atoms with E-state index in [0.717, 1.165) is 44.9 Å². The molecule has 0 spiro atoms. The topological polar surface area (TPSA) is 37.3 Å². The minimum atomic E-state index is -0.769. The highest BCUT2D eigenvalue weighted by Gasteiger charge is 2.13. The van der Waals surface area contributed by atoms with Crippen LogP contribution < -0.4 is 0 Å². The van der Waals surface area contributed by atoms with Crippen molar-refractivity contribution in [2.45, 2.75) is 86.0 Å². The Morgan fingerprint density at radius 3 is 2.26 bits per heavy atom. The van der Waals surface area contributed by atoms with Crippen LogP contribution in [0.25, 0.3) is 0 Å². The van der Waals surface area contributed by atoms with Gasteiger partial charge in [0.2, 0.25) is 0 Å².